The molecule has 1 atom stereocenters. The Morgan fingerprint density at radius 2 is 1.73 bits per heavy atom. The third-order valence-electron chi connectivity index (χ3n) is 5.40. The van der Waals surface area contributed by atoms with Gasteiger partial charge in [0.15, 0.2) is 0 Å². The van der Waals surface area contributed by atoms with Crippen molar-refractivity contribution in [1.29, 1.82) is 0 Å². The number of aryl methyl sites for hydroxylation is 1. The molecule has 3 aromatic carbocycles. The first-order chi connectivity index (χ1) is 14.3. The Kier molecular flexibility index (Phi) is 5.45. The van der Waals surface area contributed by atoms with E-state index in [0.29, 0.717) is 5.56 Å². The molecule has 1 aliphatic rings. The van der Waals surface area contributed by atoms with Crippen molar-refractivity contribution < 1.29 is 13.2 Å². The minimum Gasteiger partial charge on any atom is -0.305 e. The van der Waals surface area contributed by atoms with E-state index in [4.69, 9.17) is 0 Å². The maximum absolute atomic E-state index is 13.1. The van der Waals surface area contributed by atoms with E-state index in [1.807, 2.05) is 67.3 Å². The second-order valence-electron chi connectivity index (χ2n) is 7.69. The van der Waals surface area contributed by atoms with Gasteiger partial charge in [0.2, 0.25) is 10.0 Å². The van der Waals surface area contributed by atoms with Crippen LogP contribution in [0.15, 0.2) is 77.7 Å². The van der Waals surface area contributed by atoms with Gasteiger partial charge in [-0.15, -0.1) is 0 Å². The number of fused-ring (bicyclic) bond motifs is 1. The highest BCUT2D eigenvalue weighted by Gasteiger charge is 2.31. The van der Waals surface area contributed by atoms with E-state index in [0.717, 1.165) is 28.8 Å². The number of anilines is 1. The molecule has 3 aromatic rings. The van der Waals surface area contributed by atoms with Crippen molar-refractivity contribution in [3.63, 3.8) is 0 Å². The number of nitrogens with zero attached hydrogens (tertiary/aromatic N) is 1. The third kappa shape index (κ3) is 4.01. The van der Waals surface area contributed by atoms with E-state index in [2.05, 4.69) is 4.72 Å². The third-order valence-corrected chi connectivity index (χ3v) is 6.82. The molecule has 0 aromatic heterocycles. The highest BCUT2D eigenvalue weighted by molar-refractivity contribution is 7.89. The summed E-state index contributed by atoms with van der Waals surface area (Å²) in [6.45, 7) is 4.10. The molecule has 1 N–H and O–H groups in total. The summed E-state index contributed by atoms with van der Waals surface area (Å²) in [4.78, 5) is 15.1. The summed E-state index contributed by atoms with van der Waals surface area (Å²) in [6, 6.07) is 21.8. The molecule has 0 saturated carbocycles. The molecule has 1 unspecified atom stereocenters. The highest BCUT2D eigenvalue weighted by Crippen LogP contribution is 2.34. The van der Waals surface area contributed by atoms with Crippen molar-refractivity contribution in [1.82, 2.24) is 4.72 Å². The van der Waals surface area contributed by atoms with Crippen LogP contribution in [-0.2, 0) is 23.0 Å². The lowest BCUT2D eigenvalue weighted by atomic mass is 10.1. The van der Waals surface area contributed by atoms with Gasteiger partial charge in [0, 0.05) is 23.8 Å². The predicted octanol–water partition coefficient (Wildman–Crippen LogP) is 4.06. The number of sulfonamides is 1. The molecular weight excluding hydrogens is 396 g/mol. The van der Waals surface area contributed by atoms with Gasteiger partial charge < -0.3 is 4.90 Å². The van der Waals surface area contributed by atoms with Crippen molar-refractivity contribution in [2.75, 3.05) is 4.90 Å². The molecule has 1 amide bonds. The quantitative estimate of drug-likeness (QED) is 0.677. The molecule has 0 radical (unpaired) electrons. The summed E-state index contributed by atoms with van der Waals surface area (Å²) in [5, 5.41) is 0. The zero-order chi connectivity index (χ0) is 21.3. The molecule has 30 heavy (non-hydrogen) atoms. The normalized spacial score (nSPS) is 15.8. The van der Waals surface area contributed by atoms with Crippen LogP contribution in [0.4, 0.5) is 5.69 Å². The number of carbonyl (C=O) groups is 1. The standard InChI is InChI=1S/C24H24N2O3S/c1-17-8-12-22(13-9-17)30(28,29)25-16-19-10-11-21-14-18(2)26(23(21)15-19)24(27)20-6-4-3-5-7-20/h3-13,15,18,25H,14,16H2,1-2H3. The van der Waals surface area contributed by atoms with E-state index < -0.39 is 10.0 Å². The van der Waals surface area contributed by atoms with Gasteiger partial charge in [-0.1, -0.05) is 48.0 Å². The van der Waals surface area contributed by atoms with Gasteiger partial charge >= 0.3 is 0 Å². The topological polar surface area (TPSA) is 66.5 Å². The minimum absolute atomic E-state index is 0.0424. The summed E-state index contributed by atoms with van der Waals surface area (Å²) in [7, 11) is -3.60. The SMILES string of the molecule is Cc1ccc(S(=O)(=O)NCc2ccc3c(c2)N(C(=O)c2ccccc2)C(C)C3)cc1. The molecule has 5 nitrogen and oxygen atoms in total. The fourth-order valence-electron chi connectivity index (χ4n) is 3.77. The average molecular weight is 421 g/mol. The van der Waals surface area contributed by atoms with Crippen LogP contribution < -0.4 is 9.62 Å². The first kappa shape index (κ1) is 20.3. The lowest BCUT2D eigenvalue weighted by Gasteiger charge is -2.23. The molecule has 6 heteroatoms. The molecule has 1 heterocycles. The van der Waals surface area contributed by atoms with Crippen LogP contribution in [-0.4, -0.2) is 20.4 Å². The van der Waals surface area contributed by atoms with Gasteiger partial charge in [-0.2, -0.15) is 0 Å². The van der Waals surface area contributed by atoms with Crippen molar-refractivity contribution in [2.45, 2.75) is 37.8 Å². The summed E-state index contributed by atoms with van der Waals surface area (Å²) in [5.41, 5.74) is 4.40. The van der Waals surface area contributed by atoms with Gasteiger partial charge in [-0.05, 0) is 61.7 Å². The summed E-state index contributed by atoms with van der Waals surface area (Å²) in [6.07, 6.45) is 0.781. The lowest BCUT2D eigenvalue weighted by molar-refractivity contribution is 0.0981. The number of hydrogen-bond donors (Lipinski definition) is 1. The molecule has 0 fully saturated rings. The minimum atomic E-state index is -3.60. The maximum Gasteiger partial charge on any atom is 0.258 e. The summed E-state index contributed by atoms with van der Waals surface area (Å²) in [5.74, 6) is -0.0424. The smallest absolute Gasteiger partial charge is 0.258 e. The van der Waals surface area contributed by atoms with E-state index in [9.17, 15) is 13.2 Å². The Balaban J connectivity index is 1.56. The zero-order valence-corrected chi connectivity index (χ0v) is 17.8. The first-order valence-corrected chi connectivity index (χ1v) is 11.4. The number of amides is 1. The van der Waals surface area contributed by atoms with Crippen LogP contribution in [0.5, 0.6) is 0 Å². The van der Waals surface area contributed by atoms with Gasteiger partial charge in [0.1, 0.15) is 0 Å². The number of rotatable bonds is 5. The second-order valence-corrected chi connectivity index (χ2v) is 9.46. The average Bonchev–Trinajstić information content (AvgIpc) is 3.07. The molecule has 0 bridgehead atoms. The van der Waals surface area contributed by atoms with Gasteiger partial charge in [-0.3, -0.25) is 4.79 Å². The Bertz CT molecular complexity index is 1170. The maximum atomic E-state index is 13.1. The van der Waals surface area contributed by atoms with Crippen molar-refractivity contribution in [2.24, 2.45) is 0 Å². The van der Waals surface area contributed by atoms with Crippen LogP contribution in [0.1, 0.15) is 34.0 Å². The Hall–Kier alpha value is -2.96. The summed E-state index contributed by atoms with van der Waals surface area (Å²) < 4.78 is 27.8. The zero-order valence-electron chi connectivity index (χ0n) is 17.0. The fourth-order valence-corrected chi connectivity index (χ4v) is 4.79. The Morgan fingerprint density at radius 3 is 2.43 bits per heavy atom. The van der Waals surface area contributed by atoms with E-state index in [1.54, 1.807) is 24.3 Å². The highest BCUT2D eigenvalue weighted by atomic mass is 32.2. The molecule has 0 saturated heterocycles. The molecule has 1 aliphatic heterocycles. The largest absolute Gasteiger partial charge is 0.305 e. The Morgan fingerprint density at radius 1 is 1.03 bits per heavy atom. The lowest BCUT2D eigenvalue weighted by Crippen LogP contribution is -2.35. The van der Waals surface area contributed by atoms with E-state index in [-0.39, 0.29) is 23.4 Å². The van der Waals surface area contributed by atoms with Gasteiger partial charge in [0.25, 0.3) is 5.91 Å². The second kappa shape index (κ2) is 8.05. The van der Waals surface area contributed by atoms with Crippen LogP contribution in [0, 0.1) is 6.92 Å². The van der Waals surface area contributed by atoms with Crippen LogP contribution >= 0.6 is 0 Å². The van der Waals surface area contributed by atoms with Crippen molar-refractivity contribution in [3.8, 4) is 0 Å². The van der Waals surface area contributed by atoms with E-state index in [1.165, 1.54) is 0 Å². The first-order valence-electron chi connectivity index (χ1n) is 9.92. The summed E-state index contributed by atoms with van der Waals surface area (Å²) >= 11 is 0. The van der Waals surface area contributed by atoms with Crippen LogP contribution in [0.3, 0.4) is 0 Å². The van der Waals surface area contributed by atoms with Gasteiger partial charge in [0.05, 0.1) is 4.90 Å². The van der Waals surface area contributed by atoms with Crippen LogP contribution in [0.2, 0.25) is 0 Å². The van der Waals surface area contributed by atoms with Crippen LogP contribution in [0.25, 0.3) is 0 Å². The molecule has 0 aliphatic carbocycles. The van der Waals surface area contributed by atoms with Crippen molar-refractivity contribution >= 4 is 21.6 Å². The number of benzene rings is 3. The molecular formula is C24H24N2O3S. The molecule has 154 valence electrons. The number of hydrogen-bond acceptors (Lipinski definition) is 3. The molecule has 0 spiro atoms. The van der Waals surface area contributed by atoms with E-state index >= 15 is 0 Å². The monoisotopic (exact) mass is 420 g/mol. The predicted molar refractivity (Wildman–Crippen MR) is 118 cm³/mol. The number of nitrogens with one attached hydrogen (secondary N) is 1. The van der Waals surface area contributed by atoms with Crippen molar-refractivity contribution in [3.05, 3.63) is 95.1 Å². The number of carbonyl (C=O) groups excluding carboxylic acids is 1. The van der Waals surface area contributed by atoms with Gasteiger partial charge in [-0.25, -0.2) is 13.1 Å². The fraction of sp³-hybridized carbons (Fsp3) is 0.208. The molecule has 4 rings (SSSR count). The Labute approximate surface area is 177 Å².